The molecule has 0 aliphatic heterocycles. The molecule has 0 spiro atoms. The second-order valence-corrected chi connectivity index (χ2v) is 8.41. The molecule has 2 amide bonds. The van der Waals surface area contributed by atoms with Crippen LogP contribution in [0.25, 0.3) is 10.8 Å². The number of amides is 2. The molecule has 0 heterocycles. The molecule has 10 heteroatoms. The van der Waals surface area contributed by atoms with E-state index in [1.807, 2.05) is 43.3 Å². The minimum Gasteiger partial charge on any atom is -0.497 e. The molecular formula is C21H23N5O4S. The fraction of sp³-hybridized carbons (Fsp3) is 0.143. The number of nitrogens with two attached hydrogens (primary N) is 2. The van der Waals surface area contributed by atoms with Crippen molar-refractivity contribution in [3.05, 3.63) is 66.2 Å². The third kappa shape index (κ3) is 5.43. The molecule has 3 aromatic rings. The summed E-state index contributed by atoms with van der Waals surface area (Å²) >= 11 is 0. The quantitative estimate of drug-likeness (QED) is 0.341. The maximum Gasteiger partial charge on any atom is 0.319 e. The Bertz CT molecular complexity index is 1240. The van der Waals surface area contributed by atoms with Crippen LogP contribution in [-0.2, 0) is 10.0 Å². The highest BCUT2D eigenvalue weighted by Gasteiger charge is 2.14. The van der Waals surface area contributed by atoms with Crippen LogP contribution in [0.15, 0.2) is 70.0 Å². The molecule has 0 bridgehead atoms. The number of hydrogen-bond donors (Lipinski definition) is 4. The van der Waals surface area contributed by atoms with E-state index in [2.05, 4.69) is 15.0 Å². The molecule has 9 nitrogen and oxygen atoms in total. The molecule has 6 N–H and O–H groups in total. The number of carbonyl (C=O) groups excluding carboxylic acids is 1. The number of fused-ring (bicyclic) bond motifs is 1. The van der Waals surface area contributed by atoms with E-state index in [0.717, 1.165) is 22.1 Å². The van der Waals surface area contributed by atoms with Gasteiger partial charge in [0.1, 0.15) is 5.75 Å². The lowest BCUT2D eigenvalue weighted by Gasteiger charge is -2.16. The maximum atomic E-state index is 12.4. The number of guanidine groups is 1. The zero-order chi connectivity index (χ0) is 22.6. The number of anilines is 1. The molecule has 0 aliphatic carbocycles. The van der Waals surface area contributed by atoms with E-state index in [9.17, 15) is 13.2 Å². The summed E-state index contributed by atoms with van der Waals surface area (Å²) in [7, 11) is -2.36. The highest BCUT2D eigenvalue weighted by molar-refractivity contribution is 7.90. The number of methoxy groups -OCH3 is 1. The van der Waals surface area contributed by atoms with E-state index in [0.29, 0.717) is 5.69 Å². The van der Waals surface area contributed by atoms with Crippen molar-refractivity contribution < 1.29 is 17.9 Å². The Labute approximate surface area is 180 Å². The summed E-state index contributed by atoms with van der Waals surface area (Å²) in [5.74, 6) is 0.228. The van der Waals surface area contributed by atoms with Gasteiger partial charge in [0.15, 0.2) is 0 Å². The van der Waals surface area contributed by atoms with E-state index < -0.39 is 22.0 Å². The third-order valence-electron chi connectivity index (χ3n) is 4.55. The number of urea groups is 1. The van der Waals surface area contributed by atoms with Gasteiger partial charge in [0, 0.05) is 5.69 Å². The lowest BCUT2D eigenvalue weighted by molar-refractivity contribution is 0.249. The van der Waals surface area contributed by atoms with E-state index in [-0.39, 0.29) is 10.9 Å². The highest BCUT2D eigenvalue weighted by Crippen LogP contribution is 2.24. The Morgan fingerprint density at radius 1 is 1.00 bits per heavy atom. The number of carbonyl (C=O) groups is 1. The standard InChI is InChI=1S/C21H23N5O4S/c1-13(14-3-4-16-12-18(30-2)8-5-15(16)11-14)24-21(27)25-17-6-9-19(10-7-17)31(28,29)26-20(22)23/h3-13H,1-2H3,(H4,22,23,26)(H2,24,25,27). The van der Waals surface area contributed by atoms with Gasteiger partial charge in [-0.25, -0.2) is 4.79 Å². The lowest BCUT2D eigenvalue weighted by Crippen LogP contribution is -2.31. The summed E-state index contributed by atoms with van der Waals surface area (Å²) in [5.41, 5.74) is 11.6. The van der Waals surface area contributed by atoms with E-state index >= 15 is 0 Å². The summed E-state index contributed by atoms with van der Waals surface area (Å²) in [5, 5.41) is 7.59. The average molecular weight is 442 g/mol. The van der Waals surface area contributed by atoms with Crippen LogP contribution in [0.5, 0.6) is 5.75 Å². The van der Waals surface area contributed by atoms with Crippen molar-refractivity contribution in [2.24, 2.45) is 15.9 Å². The van der Waals surface area contributed by atoms with Crippen LogP contribution < -0.4 is 26.8 Å². The van der Waals surface area contributed by atoms with Crippen molar-refractivity contribution in [2.75, 3.05) is 12.4 Å². The first kappa shape index (κ1) is 21.9. The normalized spacial score (nSPS) is 12.1. The van der Waals surface area contributed by atoms with Crippen LogP contribution in [0, 0.1) is 0 Å². The van der Waals surface area contributed by atoms with Gasteiger partial charge in [0.25, 0.3) is 10.0 Å². The van der Waals surface area contributed by atoms with Crippen LogP contribution in [0.4, 0.5) is 10.5 Å². The molecule has 0 fully saturated rings. The van der Waals surface area contributed by atoms with Crippen molar-refractivity contribution in [3.8, 4) is 5.75 Å². The first-order valence-electron chi connectivity index (χ1n) is 9.29. The SMILES string of the molecule is COc1ccc2cc(C(C)NC(=O)Nc3ccc(S(=O)(=O)N=C(N)N)cc3)ccc2c1. The number of nitrogens with one attached hydrogen (secondary N) is 2. The minimum atomic E-state index is -3.98. The minimum absolute atomic E-state index is 0.0898. The van der Waals surface area contributed by atoms with Crippen LogP contribution in [0.1, 0.15) is 18.5 Å². The van der Waals surface area contributed by atoms with Crippen LogP contribution in [0.3, 0.4) is 0 Å². The van der Waals surface area contributed by atoms with Crippen molar-refractivity contribution in [1.82, 2.24) is 5.32 Å². The molecule has 0 radical (unpaired) electrons. The van der Waals surface area contributed by atoms with Gasteiger partial charge in [0.2, 0.25) is 5.96 Å². The Hall–Kier alpha value is -3.79. The van der Waals surface area contributed by atoms with Gasteiger partial charge < -0.3 is 26.8 Å². The van der Waals surface area contributed by atoms with Gasteiger partial charge in [-0.05, 0) is 65.7 Å². The van der Waals surface area contributed by atoms with Crippen molar-refractivity contribution in [1.29, 1.82) is 0 Å². The molecule has 0 saturated carbocycles. The summed E-state index contributed by atoms with van der Waals surface area (Å²) in [6.07, 6.45) is 0. The van der Waals surface area contributed by atoms with E-state index in [1.165, 1.54) is 24.3 Å². The van der Waals surface area contributed by atoms with Crippen LogP contribution in [-0.4, -0.2) is 27.5 Å². The zero-order valence-electron chi connectivity index (χ0n) is 17.0. The molecule has 0 aliphatic rings. The highest BCUT2D eigenvalue weighted by atomic mass is 32.2. The Balaban J connectivity index is 1.66. The first-order chi connectivity index (χ1) is 14.7. The molecule has 1 unspecified atom stereocenters. The summed E-state index contributed by atoms with van der Waals surface area (Å²) < 4.78 is 32.4. The third-order valence-corrected chi connectivity index (χ3v) is 5.87. The van der Waals surface area contributed by atoms with Crippen LogP contribution >= 0.6 is 0 Å². The molecule has 3 aromatic carbocycles. The number of sulfonamides is 1. The first-order valence-corrected chi connectivity index (χ1v) is 10.7. The largest absolute Gasteiger partial charge is 0.497 e. The average Bonchev–Trinajstić information content (AvgIpc) is 2.72. The molecular weight excluding hydrogens is 418 g/mol. The van der Waals surface area contributed by atoms with E-state index in [1.54, 1.807) is 7.11 Å². The van der Waals surface area contributed by atoms with E-state index in [4.69, 9.17) is 16.2 Å². The van der Waals surface area contributed by atoms with Crippen molar-refractivity contribution in [3.63, 3.8) is 0 Å². The number of ether oxygens (including phenoxy) is 1. The fourth-order valence-electron chi connectivity index (χ4n) is 2.99. The smallest absolute Gasteiger partial charge is 0.319 e. The summed E-state index contributed by atoms with van der Waals surface area (Å²) in [4.78, 5) is 12.3. The Kier molecular flexibility index (Phi) is 6.30. The van der Waals surface area contributed by atoms with Gasteiger partial charge in [-0.1, -0.05) is 18.2 Å². The predicted molar refractivity (Wildman–Crippen MR) is 121 cm³/mol. The summed E-state index contributed by atoms with van der Waals surface area (Å²) in [6.45, 7) is 1.87. The van der Waals surface area contributed by atoms with Gasteiger partial charge in [0.05, 0.1) is 18.0 Å². The zero-order valence-corrected chi connectivity index (χ0v) is 17.8. The predicted octanol–water partition coefficient (Wildman–Crippen LogP) is 2.69. The molecule has 0 aromatic heterocycles. The number of hydrogen-bond acceptors (Lipinski definition) is 4. The topological polar surface area (TPSA) is 149 Å². The molecule has 162 valence electrons. The Morgan fingerprint density at radius 3 is 2.29 bits per heavy atom. The van der Waals surface area contributed by atoms with Crippen molar-refractivity contribution >= 4 is 38.5 Å². The van der Waals surface area contributed by atoms with Gasteiger partial charge in [-0.3, -0.25) is 0 Å². The Morgan fingerprint density at radius 2 is 1.65 bits per heavy atom. The van der Waals surface area contributed by atoms with Gasteiger partial charge in [-0.2, -0.15) is 8.42 Å². The molecule has 31 heavy (non-hydrogen) atoms. The monoisotopic (exact) mass is 441 g/mol. The fourth-order valence-corrected chi connectivity index (χ4v) is 3.85. The number of benzene rings is 3. The summed E-state index contributed by atoms with van der Waals surface area (Å²) in [6, 6.07) is 16.5. The second kappa shape index (κ2) is 8.92. The molecule has 1 atom stereocenters. The number of rotatable bonds is 6. The lowest BCUT2D eigenvalue weighted by atomic mass is 10.0. The second-order valence-electron chi connectivity index (χ2n) is 6.81. The molecule has 3 rings (SSSR count). The van der Waals surface area contributed by atoms with Gasteiger partial charge in [-0.15, -0.1) is 4.40 Å². The maximum absolute atomic E-state index is 12.4. The molecule has 0 saturated heterocycles. The van der Waals surface area contributed by atoms with Crippen molar-refractivity contribution in [2.45, 2.75) is 17.9 Å². The van der Waals surface area contributed by atoms with Crippen LogP contribution in [0.2, 0.25) is 0 Å². The number of nitrogens with zero attached hydrogens (tertiary/aromatic N) is 1. The van der Waals surface area contributed by atoms with Gasteiger partial charge >= 0.3 is 6.03 Å².